The molecule has 0 spiro atoms. The van der Waals surface area contributed by atoms with Crippen LogP contribution in [0.2, 0.25) is 4.34 Å². The average molecular weight is 232 g/mol. The summed E-state index contributed by atoms with van der Waals surface area (Å²) in [6.07, 6.45) is 1.20. The maximum Gasteiger partial charge on any atom is 0.0931 e. The molecule has 1 aromatic heterocycles. The maximum atomic E-state index is 5.85. The molecule has 0 bridgehead atoms. The van der Waals surface area contributed by atoms with Crippen LogP contribution in [0.3, 0.4) is 0 Å². The maximum absolute atomic E-state index is 5.85. The summed E-state index contributed by atoms with van der Waals surface area (Å²) in [5.74, 6) is 0. The molecule has 0 aliphatic heterocycles. The van der Waals surface area contributed by atoms with Gasteiger partial charge in [0.25, 0.3) is 0 Å². The monoisotopic (exact) mass is 231 g/mol. The van der Waals surface area contributed by atoms with Crippen molar-refractivity contribution < 1.29 is 0 Å². The summed E-state index contributed by atoms with van der Waals surface area (Å²) < 4.78 is 0.872. The molecule has 1 nitrogen and oxygen atoms in total. The minimum atomic E-state index is 0.390. The highest BCUT2D eigenvalue weighted by molar-refractivity contribution is 7.16. The summed E-state index contributed by atoms with van der Waals surface area (Å²) in [7, 11) is 0. The van der Waals surface area contributed by atoms with E-state index in [0.29, 0.717) is 5.41 Å². The zero-order chi connectivity index (χ0) is 10.6. The van der Waals surface area contributed by atoms with Crippen molar-refractivity contribution in [3.05, 3.63) is 21.3 Å². The Morgan fingerprint density at radius 2 is 2.14 bits per heavy atom. The van der Waals surface area contributed by atoms with Crippen LogP contribution in [0.4, 0.5) is 0 Å². The molecule has 80 valence electrons. The fourth-order valence-corrected chi connectivity index (χ4v) is 2.15. The van der Waals surface area contributed by atoms with Crippen LogP contribution in [0.25, 0.3) is 0 Å². The molecular weight excluding hydrogens is 214 g/mol. The van der Waals surface area contributed by atoms with Gasteiger partial charge in [-0.3, -0.25) is 0 Å². The second-order valence-corrected chi connectivity index (χ2v) is 6.13. The van der Waals surface area contributed by atoms with Gasteiger partial charge < -0.3 is 5.32 Å². The highest BCUT2D eigenvalue weighted by Gasteiger charge is 2.13. The first-order valence-corrected chi connectivity index (χ1v) is 6.18. The van der Waals surface area contributed by atoms with Gasteiger partial charge in [0.1, 0.15) is 0 Å². The van der Waals surface area contributed by atoms with Crippen molar-refractivity contribution >= 4 is 22.9 Å². The molecule has 0 amide bonds. The lowest BCUT2D eigenvalue weighted by Gasteiger charge is -2.22. The van der Waals surface area contributed by atoms with Gasteiger partial charge in [-0.15, -0.1) is 11.3 Å². The van der Waals surface area contributed by atoms with Crippen LogP contribution < -0.4 is 5.32 Å². The Morgan fingerprint density at radius 1 is 1.43 bits per heavy atom. The van der Waals surface area contributed by atoms with E-state index in [0.717, 1.165) is 17.4 Å². The van der Waals surface area contributed by atoms with E-state index in [2.05, 4.69) is 32.2 Å². The van der Waals surface area contributed by atoms with Crippen molar-refractivity contribution in [2.24, 2.45) is 5.41 Å². The molecule has 0 radical (unpaired) electrons. The van der Waals surface area contributed by atoms with Gasteiger partial charge in [0.05, 0.1) is 4.34 Å². The van der Waals surface area contributed by atoms with Gasteiger partial charge >= 0.3 is 0 Å². The molecular formula is C11H18ClNS. The molecule has 0 saturated heterocycles. The summed E-state index contributed by atoms with van der Waals surface area (Å²) in [5, 5.41) is 3.46. The highest BCUT2D eigenvalue weighted by Crippen LogP contribution is 2.22. The summed E-state index contributed by atoms with van der Waals surface area (Å²) in [6.45, 7) is 8.77. The fourth-order valence-electron chi connectivity index (χ4n) is 1.10. The molecule has 1 aromatic rings. The van der Waals surface area contributed by atoms with E-state index in [-0.39, 0.29) is 0 Å². The van der Waals surface area contributed by atoms with Crippen LogP contribution in [0.5, 0.6) is 0 Å². The molecule has 1 N–H and O–H groups in total. The standard InChI is InChI=1S/C11H18ClNS/c1-4-11(2,3)8-13-7-9-5-6-10(12)14-9/h5-6,13H,4,7-8H2,1-3H3. The van der Waals surface area contributed by atoms with E-state index in [1.807, 2.05) is 6.07 Å². The zero-order valence-corrected chi connectivity index (χ0v) is 10.6. The second kappa shape index (κ2) is 5.15. The van der Waals surface area contributed by atoms with Crippen LogP contribution >= 0.6 is 22.9 Å². The first kappa shape index (κ1) is 12.0. The van der Waals surface area contributed by atoms with E-state index >= 15 is 0 Å². The van der Waals surface area contributed by atoms with E-state index in [9.17, 15) is 0 Å². The van der Waals surface area contributed by atoms with Crippen molar-refractivity contribution in [3.63, 3.8) is 0 Å². The Hall–Kier alpha value is -0.0500. The van der Waals surface area contributed by atoms with Gasteiger partial charge in [-0.1, -0.05) is 32.4 Å². The topological polar surface area (TPSA) is 12.0 Å². The van der Waals surface area contributed by atoms with Crippen molar-refractivity contribution in [2.75, 3.05) is 6.54 Å². The number of thiophene rings is 1. The Morgan fingerprint density at radius 3 is 2.64 bits per heavy atom. The minimum Gasteiger partial charge on any atom is -0.311 e. The first-order chi connectivity index (χ1) is 6.53. The number of nitrogens with one attached hydrogen (secondary N) is 1. The highest BCUT2D eigenvalue weighted by atomic mass is 35.5. The smallest absolute Gasteiger partial charge is 0.0931 e. The summed E-state index contributed by atoms with van der Waals surface area (Å²) in [4.78, 5) is 1.31. The van der Waals surface area contributed by atoms with Crippen LogP contribution in [-0.4, -0.2) is 6.54 Å². The van der Waals surface area contributed by atoms with Crippen molar-refractivity contribution in [1.82, 2.24) is 5.32 Å². The number of rotatable bonds is 5. The molecule has 3 heteroatoms. The van der Waals surface area contributed by atoms with Gasteiger partial charge in [0, 0.05) is 18.0 Å². The average Bonchev–Trinajstić information content (AvgIpc) is 2.51. The molecule has 0 unspecified atom stereocenters. The number of hydrogen-bond acceptors (Lipinski definition) is 2. The third kappa shape index (κ3) is 3.99. The third-order valence-corrected chi connectivity index (χ3v) is 3.72. The molecule has 1 heterocycles. The number of hydrogen-bond donors (Lipinski definition) is 1. The quantitative estimate of drug-likeness (QED) is 0.810. The van der Waals surface area contributed by atoms with E-state index in [1.165, 1.54) is 11.3 Å². The van der Waals surface area contributed by atoms with Crippen LogP contribution in [0, 0.1) is 5.41 Å². The second-order valence-electron chi connectivity index (χ2n) is 4.33. The van der Waals surface area contributed by atoms with Gasteiger partial charge in [0.2, 0.25) is 0 Å². The molecule has 0 aliphatic rings. The predicted octanol–water partition coefficient (Wildman–Crippen LogP) is 3.93. The molecule has 0 aliphatic carbocycles. The van der Waals surface area contributed by atoms with E-state index in [1.54, 1.807) is 11.3 Å². The fraction of sp³-hybridized carbons (Fsp3) is 0.636. The lowest BCUT2D eigenvalue weighted by atomic mass is 9.90. The largest absolute Gasteiger partial charge is 0.311 e. The van der Waals surface area contributed by atoms with E-state index in [4.69, 9.17) is 11.6 Å². The van der Waals surface area contributed by atoms with Gasteiger partial charge in [-0.2, -0.15) is 0 Å². The van der Waals surface area contributed by atoms with Gasteiger partial charge in [-0.25, -0.2) is 0 Å². The summed E-state index contributed by atoms with van der Waals surface area (Å²) >= 11 is 7.50. The first-order valence-electron chi connectivity index (χ1n) is 4.98. The normalized spacial score (nSPS) is 12.0. The van der Waals surface area contributed by atoms with E-state index < -0.39 is 0 Å². The molecule has 0 fully saturated rings. The van der Waals surface area contributed by atoms with Crippen LogP contribution in [-0.2, 0) is 6.54 Å². The Labute approximate surface area is 95.5 Å². The minimum absolute atomic E-state index is 0.390. The Kier molecular flexibility index (Phi) is 4.42. The van der Waals surface area contributed by atoms with Crippen LogP contribution in [0.15, 0.2) is 12.1 Å². The molecule has 14 heavy (non-hydrogen) atoms. The molecule has 0 atom stereocenters. The summed E-state index contributed by atoms with van der Waals surface area (Å²) in [6, 6.07) is 4.03. The van der Waals surface area contributed by atoms with Gasteiger partial charge in [0.15, 0.2) is 0 Å². The van der Waals surface area contributed by atoms with Crippen molar-refractivity contribution in [1.29, 1.82) is 0 Å². The lowest BCUT2D eigenvalue weighted by molar-refractivity contribution is 0.328. The molecule has 1 rings (SSSR count). The molecule has 0 aromatic carbocycles. The van der Waals surface area contributed by atoms with Gasteiger partial charge in [-0.05, 0) is 24.0 Å². The predicted molar refractivity (Wildman–Crippen MR) is 65.1 cm³/mol. The number of halogens is 1. The molecule has 0 saturated carbocycles. The van der Waals surface area contributed by atoms with Crippen molar-refractivity contribution in [2.45, 2.75) is 33.7 Å². The SMILES string of the molecule is CCC(C)(C)CNCc1ccc(Cl)s1. The zero-order valence-electron chi connectivity index (χ0n) is 9.06. The summed E-state index contributed by atoms with van der Waals surface area (Å²) in [5.41, 5.74) is 0.390. The third-order valence-electron chi connectivity index (χ3n) is 2.49. The Balaban J connectivity index is 2.28. The lowest BCUT2D eigenvalue weighted by Crippen LogP contribution is -2.28. The Bertz CT molecular complexity index is 281. The van der Waals surface area contributed by atoms with Crippen LogP contribution in [0.1, 0.15) is 32.1 Å². The van der Waals surface area contributed by atoms with Crippen molar-refractivity contribution in [3.8, 4) is 0 Å².